The van der Waals surface area contributed by atoms with E-state index < -0.39 is 0 Å². The minimum absolute atomic E-state index is 0.0475. The van der Waals surface area contributed by atoms with E-state index in [1.54, 1.807) is 16.7 Å². The number of thioether (sulfide) groups is 1. The van der Waals surface area contributed by atoms with Gasteiger partial charge in [-0.15, -0.1) is 11.8 Å². The minimum atomic E-state index is -0.114. The van der Waals surface area contributed by atoms with Gasteiger partial charge >= 0.3 is 0 Å². The third kappa shape index (κ3) is 4.56. The van der Waals surface area contributed by atoms with Gasteiger partial charge in [-0.3, -0.25) is 14.5 Å². The standard InChI is InChI=1S/C23H26N2O4S/c1-2-3-4-5-6-21(26)24-17-9-7-16(8-10-17)23-25(22(27)14-30-23)18-11-12-19-20(13-18)29-15-28-19/h7-13,23H,2-6,14-15H2,1H3,(H,24,26)/t23-/m1/s1. The number of hydrogen-bond acceptors (Lipinski definition) is 5. The Balaban J connectivity index is 1.43. The van der Waals surface area contributed by atoms with Gasteiger partial charge in [-0.2, -0.15) is 0 Å². The van der Waals surface area contributed by atoms with Crippen LogP contribution in [-0.2, 0) is 9.59 Å². The molecule has 0 unspecified atom stereocenters. The topological polar surface area (TPSA) is 67.9 Å². The van der Waals surface area contributed by atoms with Gasteiger partial charge in [0.15, 0.2) is 11.5 Å². The van der Waals surface area contributed by atoms with Gasteiger partial charge in [0.2, 0.25) is 18.6 Å². The number of amides is 2. The monoisotopic (exact) mass is 426 g/mol. The first-order valence-corrected chi connectivity index (χ1v) is 11.4. The normalized spacial score (nSPS) is 17.4. The van der Waals surface area contributed by atoms with E-state index >= 15 is 0 Å². The lowest BCUT2D eigenvalue weighted by Crippen LogP contribution is -2.27. The quantitative estimate of drug-likeness (QED) is 0.595. The number of carbonyl (C=O) groups excluding carboxylic acids is 2. The highest BCUT2D eigenvalue weighted by atomic mass is 32.2. The molecule has 4 rings (SSSR count). The Labute approximate surface area is 180 Å². The predicted molar refractivity (Wildman–Crippen MR) is 119 cm³/mol. The number of carbonyl (C=O) groups is 2. The number of rotatable bonds is 8. The van der Waals surface area contributed by atoms with Gasteiger partial charge in [-0.1, -0.05) is 38.3 Å². The van der Waals surface area contributed by atoms with Crippen LogP contribution in [0.5, 0.6) is 11.5 Å². The fourth-order valence-electron chi connectivity index (χ4n) is 3.65. The first-order valence-electron chi connectivity index (χ1n) is 10.4. The average molecular weight is 427 g/mol. The van der Waals surface area contributed by atoms with Crippen molar-refractivity contribution in [2.75, 3.05) is 22.8 Å². The van der Waals surface area contributed by atoms with Crippen LogP contribution in [0.3, 0.4) is 0 Å². The van der Waals surface area contributed by atoms with E-state index in [2.05, 4.69) is 12.2 Å². The molecule has 158 valence electrons. The summed E-state index contributed by atoms with van der Waals surface area (Å²) >= 11 is 1.59. The van der Waals surface area contributed by atoms with Crippen molar-refractivity contribution >= 4 is 35.0 Å². The number of fused-ring (bicyclic) bond motifs is 1. The van der Waals surface area contributed by atoms with Crippen molar-refractivity contribution in [1.82, 2.24) is 0 Å². The van der Waals surface area contributed by atoms with Gasteiger partial charge in [0.05, 0.1) is 5.75 Å². The highest BCUT2D eigenvalue weighted by Gasteiger charge is 2.34. The summed E-state index contributed by atoms with van der Waals surface area (Å²) in [6.07, 6.45) is 4.88. The molecule has 30 heavy (non-hydrogen) atoms. The summed E-state index contributed by atoms with van der Waals surface area (Å²) in [5, 5.41) is 2.85. The van der Waals surface area contributed by atoms with E-state index in [4.69, 9.17) is 9.47 Å². The summed E-state index contributed by atoms with van der Waals surface area (Å²) in [5.74, 6) is 1.90. The highest BCUT2D eigenvalue weighted by molar-refractivity contribution is 8.00. The molecule has 0 saturated carbocycles. The van der Waals surface area contributed by atoms with Crippen LogP contribution in [-0.4, -0.2) is 24.4 Å². The van der Waals surface area contributed by atoms with Crippen LogP contribution in [0.4, 0.5) is 11.4 Å². The van der Waals surface area contributed by atoms with E-state index in [1.165, 1.54) is 6.42 Å². The first kappa shape index (κ1) is 20.6. The Kier molecular flexibility index (Phi) is 6.47. The number of nitrogens with one attached hydrogen (secondary N) is 1. The number of anilines is 2. The highest BCUT2D eigenvalue weighted by Crippen LogP contribution is 2.44. The molecule has 2 amide bonds. The molecule has 0 radical (unpaired) electrons. The second-order valence-electron chi connectivity index (χ2n) is 7.45. The van der Waals surface area contributed by atoms with Gasteiger partial charge in [0.25, 0.3) is 0 Å². The van der Waals surface area contributed by atoms with Crippen molar-refractivity contribution < 1.29 is 19.1 Å². The minimum Gasteiger partial charge on any atom is -0.454 e. The zero-order valence-corrected chi connectivity index (χ0v) is 17.9. The van der Waals surface area contributed by atoms with Crippen LogP contribution in [0.1, 0.15) is 50.0 Å². The number of unbranched alkanes of at least 4 members (excludes halogenated alkanes) is 3. The van der Waals surface area contributed by atoms with Crippen molar-refractivity contribution in [2.24, 2.45) is 0 Å². The molecular weight excluding hydrogens is 400 g/mol. The van der Waals surface area contributed by atoms with Crippen LogP contribution >= 0.6 is 11.8 Å². The molecular formula is C23H26N2O4S. The summed E-state index contributed by atoms with van der Waals surface area (Å²) < 4.78 is 10.8. The maximum atomic E-state index is 12.6. The van der Waals surface area contributed by atoms with Gasteiger partial charge in [0.1, 0.15) is 5.37 Å². The Bertz CT molecular complexity index is 916. The fourth-order valence-corrected chi connectivity index (χ4v) is 4.83. The Morgan fingerprint density at radius 3 is 2.70 bits per heavy atom. The molecule has 0 aromatic heterocycles. The Morgan fingerprint density at radius 1 is 1.10 bits per heavy atom. The smallest absolute Gasteiger partial charge is 0.238 e. The summed E-state index contributed by atoms with van der Waals surface area (Å²) in [6.45, 7) is 2.36. The predicted octanol–water partition coefficient (Wildman–Crippen LogP) is 5.10. The zero-order chi connectivity index (χ0) is 20.9. The van der Waals surface area contributed by atoms with Crippen LogP contribution in [0, 0.1) is 0 Å². The molecule has 2 aliphatic rings. The second kappa shape index (κ2) is 9.43. The van der Waals surface area contributed by atoms with Crippen LogP contribution < -0.4 is 19.7 Å². The summed E-state index contributed by atoms with van der Waals surface area (Å²) in [7, 11) is 0. The first-order chi connectivity index (χ1) is 14.7. The van der Waals surface area contributed by atoms with Crippen molar-refractivity contribution in [1.29, 1.82) is 0 Å². The molecule has 2 aromatic carbocycles. The molecule has 7 heteroatoms. The van der Waals surface area contributed by atoms with Crippen LogP contribution in [0.15, 0.2) is 42.5 Å². The fraction of sp³-hybridized carbons (Fsp3) is 0.391. The molecule has 2 aromatic rings. The lowest BCUT2D eigenvalue weighted by atomic mass is 10.1. The molecule has 6 nitrogen and oxygen atoms in total. The van der Waals surface area contributed by atoms with Gasteiger partial charge in [-0.25, -0.2) is 0 Å². The van der Waals surface area contributed by atoms with Gasteiger partial charge in [0, 0.05) is 23.9 Å². The largest absolute Gasteiger partial charge is 0.454 e. The molecule has 0 aliphatic carbocycles. The molecule has 1 saturated heterocycles. The van der Waals surface area contributed by atoms with Crippen molar-refractivity contribution in [3.63, 3.8) is 0 Å². The third-order valence-corrected chi connectivity index (χ3v) is 6.45. The van der Waals surface area contributed by atoms with Gasteiger partial charge < -0.3 is 14.8 Å². The summed E-state index contributed by atoms with van der Waals surface area (Å²) in [5.41, 5.74) is 2.59. The van der Waals surface area contributed by atoms with Crippen molar-refractivity contribution in [3.05, 3.63) is 48.0 Å². The van der Waals surface area contributed by atoms with Gasteiger partial charge in [-0.05, 0) is 36.2 Å². The molecule has 1 fully saturated rings. The average Bonchev–Trinajstić information content (AvgIpc) is 3.37. The Morgan fingerprint density at radius 2 is 1.90 bits per heavy atom. The van der Waals surface area contributed by atoms with Crippen LogP contribution in [0.2, 0.25) is 0 Å². The van der Waals surface area contributed by atoms with Crippen molar-refractivity contribution in [3.8, 4) is 11.5 Å². The number of hydrogen-bond donors (Lipinski definition) is 1. The maximum absolute atomic E-state index is 12.6. The molecule has 2 aliphatic heterocycles. The SMILES string of the molecule is CCCCCCC(=O)Nc1ccc([C@H]2SCC(=O)N2c2ccc3c(c2)OCO3)cc1. The van der Waals surface area contributed by atoms with E-state index in [1.807, 2.05) is 42.5 Å². The molecule has 0 spiro atoms. The van der Waals surface area contributed by atoms with E-state index in [9.17, 15) is 9.59 Å². The lowest BCUT2D eigenvalue weighted by molar-refractivity contribution is -0.116. The molecule has 0 bridgehead atoms. The molecule has 1 N–H and O–H groups in total. The second-order valence-corrected chi connectivity index (χ2v) is 8.51. The number of ether oxygens (including phenoxy) is 2. The summed E-state index contributed by atoms with van der Waals surface area (Å²) in [4.78, 5) is 26.5. The lowest BCUT2D eigenvalue weighted by Gasteiger charge is -2.24. The van der Waals surface area contributed by atoms with E-state index in [0.29, 0.717) is 23.7 Å². The maximum Gasteiger partial charge on any atom is 0.238 e. The summed E-state index contributed by atoms with van der Waals surface area (Å²) in [6, 6.07) is 13.3. The van der Waals surface area contributed by atoms with Crippen LogP contribution in [0.25, 0.3) is 0 Å². The third-order valence-electron chi connectivity index (χ3n) is 5.24. The molecule has 2 heterocycles. The Hall–Kier alpha value is -2.67. The van der Waals surface area contributed by atoms with E-state index in [0.717, 1.165) is 36.2 Å². The zero-order valence-electron chi connectivity index (χ0n) is 17.1. The van der Waals surface area contributed by atoms with E-state index in [-0.39, 0.29) is 24.0 Å². The number of benzene rings is 2. The molecule has 1 atom stereocenters. The van der Waals surface area contributed by atoms with Crippen molar-refractivity contribution in [2.45, 2.75) is 44.4 Å². The number of nitrogens with zero attached hydrogens (tertiary/aromatic N) is 1.